The second-order valence-corrected chi connectivity index (χ2v) is 9.28. The Hall–Kier alpha value is -2.91. The Morgan fingerprint density at radius 2 is 1.86 bits per heavy atom. The van der Waals surface area contributed by atoms with Crippen molar-refractivity contribution in [2.45, 2.75) is 20.4 Å². The van der Waals surface area contributed by atoms with Crippen molar-refractivity contribution in [3.05, 3.63) is 70.2 Å². The van der Waals surface area contributed by atoms with Gasteiger partial charge in [-0.05, 0) is 43.2 Å². The average Bonchev–Trinajstić information content (AvgIpc) is 3.04. The van der Waals surface area contributed by atoms with Crippen LogP contribution in [-0.4, -0.2) is 25.6 Å². The molecule has 0 saturated carbocycles. The van der Waals surface area contributed by atoms with Gasteiger partial charge in [0.25, 0.3) is 5.91 Å². The maximum Gasteiger partial charge on any atom is 0.259 e. The number of rotatable bonds is 7. The van der Waals surface area contributed by atoms with Crippen molar-refractivity contribution >= 4 is 43.8 Å². The Balaban J connectivity index is 1.84. The Morgan fingerprint density at radius 1 is 1.10 bits per heavy atom. The number of aryl methyl sites for hydroxylation is 2. The fourth-order valence-electron chi connectivity index (χ4n) is 2.73. The molecule has 0 saturated heterocycles. The highest BCUT2D eigenvalue weighted by molar-refractivity contribution is 7.92. The largest absolute Gasteiger partial charge is 0.381 e. The van der Waals surface area contributed by atoms with Gasteiger partial charge in [0, 0.05) is 17.6 Å². The summed E-state index contributed by atoms with van der Waals surface area (Å²) in [5, 5.41) is 8.32. The van der Waals surface area contributed by atoms with Gasteiger partial charge in [-0.3, -0.25) is 14.8 Å². The van der Waals surface area contributed by atoms with Crippen molar-refractivity contribution < 1.29 is 13.2 Å². The van der Waals surface area contributed by atoms with Crippen molar-refractivity contribution in [1.29, 1.82) is 0 Å². The van der Waals surface area contributed by atoms with Crippen LogP contribution in [0.1, 0.15) is 27.2 Å². The van der Waals surface area contributed by atoms with Gasteiger partial charge in [-0.1, -0.05) is 24.3 Å². The number of nitrogens with zero attached hydrogens (tertiary/aromatic N) is 1. The summed E-state index contributed by atoms with van der Waals surface area (Å²) in [4.78, 5) is 16.9. The van der Waals surface area contributed by atoms with E-state index in [9.17, 15) is 13.2 Å². The first kappa shape index (κ1) is 20.8. The lowest BCUT2D eigenvalue weighted by molar-refractivity contribution is 0.102. The van der Waals surface area contributed by atoms with Crippen molar-refractivity contribution in [2.75, 3.05) is 21.6 Å². The molecular formula is C20H22N4O3S2. The van der Waals surface area contributed by atoms with Gasteiger partial charge in [0.2, 0.25) is 10.0 Å². The van der Waals surface area contributed by atoms with Crippen LogP contribution >= 0.6 is 11.3 Å². The Bertz CT molecular complexity index is 1140. The lowest BCUT2D eigenvalue weighted by atomic mass is 10.1. The van der Waals surface area contributed by atoms with Crippen LogP contribution in [0.3, 0.4) is 0 Å². The normalized spacial score (nSPS) is 11.1. The molecular weight excluding hydrogens is 408 g/mol. The summed E-state index contributed by atoms with van der Waals surface area (Å²) >= 11 is 1.31. The number of sulfonamides is 1. The standard InChI is InChI=1S/C20H22N4O3S2/c1-13-6-4-5-7-17(13)21-11-15-8-9-16(18(10-15)24-29(3,26)27)19(25)23-20-22-14(2)12-28-20/h4-10,12,21,24H,11H2,1-3H3,(H,22,23,25). The van der Waals surface area contributed by atoms with Gasteiger partial charge in [0.1, 0.15) is 0 Å². The second-order valence-electron chi connectivity index (χ2n) is 6.67. The molecule has 0 radical (unpaired) electrons. The summed E-state index contributed by atoms with van der Waals surface area (Å²) in [5.41, 5.74) is 4.19. The van der Waals surface area contributed by atoms with Crippen LogP contribution in [0, 0.1) is 13.8 Å². The second kappa shape index (κ2) is 8.62. The number of benzene rings is 2. The molecule has 1 aromatic heterocycles. The number of anilines is 3. The van der Waals surface area contributed by atoms with Crippen molar-refractivity contribution in [2.24, 2.45) is 0 Å². The Morgan fingerprint density at radius 3 is 2.52 bits per heavy atom. The van der Waals surface area contributed by atoms with Crippen molar-refractivity contribution in [3.63, 3.8) is 0 Å². The van der Waals surface area contributed by atoms with Gasteiger partial charge < -0.3 is 5.32 Å². The van der Waals surface area contributed by atoms with Crippen molar-refractivity contribution in [3.8, 4) is 0 Å². The first-order valence-corrected chi connectivity index (χ1v) is 11.6. The molecule has 0 unspecified atom stereocenters. The number of para-hydroxylation sites is 1. The van der Waals surface area contributed by atoms with E-state index >= 15 is 0 Å². The van der Waals surface area contributed by atoms with Crippen LogP contribution in [-0.2, 0) is 16.6 Å². The molecule has 1 heterocycles. The molecule has 0 atom stereocenters. The third-order valence-electron chi connectivity index (χ3n) is 4.09. The van der Waals surface area contributed by atoms with Gasteiger partial charge >= 0.3 is 0 Å². The van der Waals surface area contributed by atoms with Crippen LogP contribution in [0.2, 0.25) is 0 Å². The number of thiazole rings is 1. The Labute approximate surface area is 174 Å². The van der Waals surface area contributed by atoms with E-state index in [-0.39, 0.29) is 11.3 Å². The first-order valence-electron chi connectivity index (χ1n) is 8.85. The van der Waals surface area contributed by atoms with Crippen LogP contribution in [0.25, 0.3) is 0 Å². The molecule has 0 spiro atoms. The van der Waals surface area contributed by atoms with E-state index in [4.69, 9.17) is 0 Å². The minimum atomic E-state index is -3.56. The molecule has 2 aromatic carbocycles. The lowest BCUT2D eigenvalue weighted by Crippen LogP contribution is -2.18. The Kier molecular flexibility index (Phi) is 6.19. The van der Waals surface area contributed by atoms with Gasteiger partial charge in [-0.2, -0.15) is 0 Å². The van der Waals surface area contributed by atoms with E-state index in [0.717, 1.165) is 28.8 Å². The smallest absolute Gasteiger partial charge is 0.259 e. The number of amides is 1. The molecule has 0 aliphatic carbocycles. The molecule has 0 bridgehead atoms. The number of carbonyl (C=O) groups is 1. The molecule has 3 rings (SSSR count). The lowest BCUT2D eigenvalue weighted by Gasteiger charge is -2.14. The fraction of sp³-hybridized carbons (Fsp3) is 0.200. The molecule has 1 amide bonds. The monoisotopic (exact) mass is 430 g/mol. The van der Waals surface area contributed by atoms with E-state index in [1.165, 1.54) is 11.3 Å². The summed E-state index contributed by atoms with van der Waals surface area (Å²) < 4.78 is 26.0. The topological polar surface area (TPSA) is 100 Å². The van der Waals surface area contributed by atoms with E-state index in [2.05, 4.69) is 20.3 Å². The van der Waals surface area contributed by atoms with Gasteiger partial charge in [-0.15, -0.1) is 11.3 Å². The minimum Gasteiger partial charge on any atom is -0.381 e. The average molecular weight is 431 g/mol. The summed E-state index contributed by atoms with van der Waals surface area (Å²) in [5.74, 6) is -0.427. The number of nitrogens with one attached hydrogen (secondary N) is 3. The summed E-state index contributed by atoms with van der Waals surface area (Å²) in [6.45, 7) is 4.32. The molecule has 3 aromatic rings. The van der Waals surface area contributed by atoms with E-state index in [1.807, 2.05) is 43.5 Å². The molecule has 0 fully saturated rings. The molecule has 29 heavy (non-hydrogen) atoms. The van der Waals surface area contributed by atoms with E-state index in [1.54, 1.807) is 18.2 Å². The zero-order valence-electron chi connectivity index (χ0n) is 16.3. The van der Waals surface area contributed by atoms with Crippen LogP contribution in [0.15, 0.2) is 47.8 Å². The van der Waals surface area contributed by atoms with Crippen LogP contribution < -0.4 is 15.4 Å². The number of carbonyl (C=O) groups excluding carboxylic acids is 1. The van der Waals surface area contributed by atoms with Gasteiger partial charge in [0.15, 0.2) is 5.13 Å². The van der Waals surface area contributed by atoms with E-state index in [0.29, 0.717) is 11.7 Å². The SMILES string of the molecule is Cc1csc(NC(=O)c2ccc(CNc3ccccc3C)cc2NS(C)(=O)=O)n1. The number of hydrogen-bond donors (Lipinski definition) is 3. The number of aromatic nitrogens is 1. The predicted molar refractivity (Wildman–Crippen MR) is 118 cm³/mol. The first-order chi connectivity index (χ1) is 13.7. The molecule has 152 valence electrons. The minimum absolute atomic E-state index is 0.224. The van der Waals surface area contributed by atoms with Crippen LogP contribution in [0.5, 0.6) is 0 Å². The molecule has 9 heteroatoms. The molecule has 0 aliphatic rings. The van der Waals surface area contributed by atoms with Crippen molar-refractivity contribution in [1.82, 2.24) is 4.98 Å². The van der Waals surface area contributed by atoms with Gasteiger partial charge in [0.05, 0.1) is 23.2 Å². The molecule has 3 N–H and O–H groups in total. The summed E-state index contributed by atoms with van der Waals surface area (Å²) in [6.07, 6.45) is 1.05. The highest BCUT2D eigenvalue weighted by Crippen LogP contribution is 2.23. The molecule has 7 nitrogen and oxygen atoms in total. The highest BCUT2D eigenvalue weighted by atomic mass is 32.2. The maximum absolute atomic E-state index is 12.7. The van der Waals surface area contributed by atoms with Gasteiger partial charge in [-0.25, -0.2) is 13.4 Å². The predicted octanol–water partition coefficient (Wildman–Crippen LogP) is 4.00. The third-order valence-corrected chi connectivity index (χ3v) is 5.56. The summed E-state index contributed by atoms with van der Waals surface area (Å²) in [6, 6.07) is 13.0. The number of hydrogen-bond acceptors (Lipinski definition) is 6. The summed E-state index contributed by atoms with van der Waals surface area (Å²) in [7, 11) is -3.56. The van der Waals surface area contributed by atoms with E-state index < -0.39 is 15.9 Å². The molecule has 0 aliphatic heterocycles. The third kappa shape index (κ3) is 5.78. The zero-order chi connectivity index (χ0) is 21.0. The van der Waals surface area contributed by atoms with Crippen LogP contribution in [0.4, 0.5) is 16.5 Å². The highest BCUT2D eigenvalue weighted by Gasteiger charge is 2.16. The quantitative estimate of drug-likeness (QED) is 0.526. The zero-order valence-corrected chi connectivity index (χ0v) is 17.9. The maximum atomic E-state index is 12.7. The fourth-order valence-corrected chi connectivity index (χ4v) is 3.98.